The Bertz CT molecular complexity index is 615. The van der Waals surface area contributed by atoms with E-state index in [4.69, 9.17) is 0 Å². The molecule has 0 bridgehead atoms. The van der Waals surface area contributed by atoms with Crippen molar-refractivity contribution in [3.05, 3.63) is 53.3 Å². The van der Waals surface area contributed by atoms with Crippen LogP contribution in [-0.2, 0) is 13.0 Å². The first-order valence-corrected chi connectivity index (χ1v) is 7.41. The Balaban J connectivity index is 1.79. The van der Waals surface area contributed by atoms with Gasteiger partial charge in [0.1, 0.15) is 0 Å². The number of fused-ring (bicyclic) bond motifs is 1. The van der Waals surface area contributed by atoms with E-state index < -0.39 is 0 Å². The minimum atomic E-state index is 0.167. The highest BCUT2D eigenvalue weighted by molar-refractivity contribution is 5.95. The molecule has 0 spiro atoms. The number of ketones is 1. The van der Waals surface area contributed by atoms with E-state index in [0.717, 1.165) is 12.1 Å². The fourth-order valence-electron chi connectivity index (χ4n) is 3.08. The predicted octanol–water partition coefficient (Wildman–Crippen LogP) is 3.60. The molecule has 0 saturated heterocycles. The molecule has 0 saturated carbocycles. The van der Waals surface area contributed by atoms with E-state index in [1.807, 2.05) is 17.8 Å². The fraction of sp³-hybridized carbons (Fsp3) is 0.412. The van der Waals surface area contributed by atoms with Crippen molar-refractivity contribution in [3.8, 4) is 0 Å². The van der Waals surface area contributed by atoms with Crippen LogP contribution in [0, 0.1) is 0 Å². The van der Waals surface area contributed by atoms with Crippen LogP contribution >= 0.6 is 0 Å². The average Bonchev–Trinajstić information content (AvgIpc) is 2.95. The Morgan fingerprint density at radius 3 is 3.10 bits per heavy atom. The van der Waals surface area contributed by atoms with Crippen molar-refractivity contribution in [1.29, 1.82) is 0 Å². The summed E-state index contributed by atoms with van der Waals surface area (Å²) in [5, 5.41) is 4.35. The first-order valence-electron chi connectivity index (χ1n) is 7.41. The maximum Gasteiger partial charge on any atom is 0.165 e. The maximum absolute atomic E-state index is 11.7. The van der Waals surface area contributed by atoms with Gasteiger partial charge < -0.3 is 0 Å². The molecule has 1 atom stereocenters. The van der Waals surface area contributed by atoms with Gasteiger partial charge in [-0.05, 0) is 30.4 Å². The second-order valence-corrected chi connectivity index (χ2v) is 5.52. The van der Waals surface area contributed by atoms with Gasteiger partial charge in [0, 0.05) is 25.1 Å². The summed E-state index contributed by atoms with van der Waals surface area (Å²) in [4.78, 5) is 11.7. The average molecular weight is 268 g/mol. The number of aryl methyl sites for hydroxylation is 1. The Kier molecular flexibility index (Phi) is 3.68. The van der Waals surface area contributed by atoms with E-state index in [9.17, 15) is 4.79 Å². The molecule has 0 N–H and O–H groups in total. The smallest absolute Gasteiger partial charge is 0.165 e. The van der Waals surface area contributed by atoms with Gasteiger partial charge in [0.2, 0.25) is 0 Å². The highest BCUT2D eigenvalue weighted by Gasteiger charge is 2.20. The van der Waals surface area contributed by atoms with Crippen molar-refractivity contribution in [2.45, 2.75) is 45.1 Å². The second-order valence-electron chi connectivity index (χ2n) is 5.52. The lowest BCUT2D eigenvalue weighted by atomic mass is 9.83. The molecule has 0 fully saturated rings. The molecule has 1 aliphatic rings. The highest BCUT2D eigenvalue weighted by Crippen LogP contribution is 2.32. The van der Waals surface area contributed by atoms with Gasteiger partial charge in [-0.3, -0.25) is 9.48 Å². The first-order chi connectivity index (χ1) is 9.78. The van der Waals surface area contributed by atoms with Crippen molar-refractivity contribution < 1.29 is 4.79 Å². The number of aromatic nitrogens is 2. The molecule has 1 aromatic heterocycles. The van der Waals surface area contributed by atoms with Gasteiger partial charge in [-0.2, -0.15) is 5.10 Å². The van der Waals surface area contributed by atoms with Gasteiger partial charge in [0.05, 0.1) is 11.8 Å². The number of Topliss-reactive ketones (excluding diaryl/α,β-unsaturated/α-hetero) is 1. The van der Waals surface area contributed by atoms with Crippen LogP contribution in [-0.4, -0.2) is 15.6 Å². The van der Waals surface area contributed by atoms with Gasteiger partial charge >= 0.3 is 0 Å². The third-order valence-electron chi connectivity index (χ3n) is 4.18. The number of carbonyl (C=O) groups excluding carboxylic acids is 1. The fourth-order valence-corrected chi connectivity index (χ4v) is 3.08. The van der Waals surface area contributed by atoms with Crippen LogP contribution in [0.4, 0.5) is 0 Å². The van der Waals surface area contributed by atoms with Crippen molar-refractivity contribution in [3.63, 3.8) is 0 Å². The Morgan fingerprint density at radius 2 is 2.25 bits per heavy atom. The normalized spacial score (nSPS) is 17.8. The molecule has 0 amide bonds. The van der Waals surface area contributed by atoms with E-state index in [0.29, 0.717) is 12.3 Å². The standard InChI is InChI=1S/C17H20N2O/c1-2-17(20)15-10-18-19(12-15)11-14-8-5-7-13-6-3-4-9-16(13)14/h3-4,6,9-10,12,14H,2,5,7-8,11H2,1H3. The Morgan fingerprint density at radius 1 is 1.40 bits per heavy atom. The van der Waals surface area contributed by atoms with Gasteiger partial charge in [0.15, 0.2) is 5.78 Å². The van der Waals surface area contributed by atoms with E-state index in [-0.39, 0.29) is 5.78 Å². The second kappa shape index (κ2) is 5.61. The summed E-state index contributed by atoms with van der Waals surface area (Å²) in [5.41, 5.74) is 3.66. The quantitative estimate of drug-likeness (QED) is 0.794. The number of benzene rings is 1. The molecular weight excluding hydrogens is 248 g/mol. The summed E-state index contributed by atoms with van der Waals surface area (Å²) in [5.74, 6) is 0.685. The van der Waals surface area contributed by atoms with E-state index in [2.05, 4.69) is 29.4 Å². The topological polar surface area (TPSA) is 34.9 Å². The Hall–Kier alpha value is -1.90. The SMILES string of the molecule is CCC(=O)c1cnn(CC2CCCc3ccccc32)c1. The van der Waals surface area contributed by atoms with Gasteiger partial charge in [-0.15, -0.1) is 0 Å². The molecule has 3 heteroatoms. The monoisotopic (exact) mass is 268 g/mol. The minimum Gasteiger partial charge on any atom is -0.294 e. The molecule has 2 aromatic rings. The number of rotatable bonds is 4. The lowest BCUT2D eigenvalue weighted by molar-refractivity contribution is 0.0988. The third kappa shape index (κ3) is 2.53. The molecule has 3 rings (SSSR count). The van der Waals surface area contributed by atoms with Crippen LogP contribution in [0.2, 0.25) is 0 Å². The summed E-state index contributed by atoms with van der Waals surface area (Å²) in [6.07, 6.45) is 7.75. The van der Waals surface area contributed by atoms with Crippen LogP contribution in [0.5, 0.6) is 0 Å². The maximum atomic E-state index is 11.7. The summed E-state index contributed by atoms with van der Waals surface area (Å²) < 4.78 is 1.93. The zero-order valence-corrected chi connectivity index (χ0v) is 11.9. The zero-order chi connectivity index (χ0) is 13.9. The minimum absolute atomic E-state index is 0.167. The number of hydrogen-bond acceptors (Lipinski definition) is 2. The summed E-state index contributed by atoms with van der Waals surface area (Å²) in [6.45, 7) is 2.76. The molecule has 0 aliphatic heterocycles. The molecule has 20 heavy (non-hydrogen) atoms. The van der Waals surface area contributed by atoms with Crippen LogP contribution in [0.3, 0.4) is 0 Å². The van der Waals surface area contributed by atoms with Gasteiger partial charge in [-0.1, -0.05) is 31.2 Å². The van der Waals surface area contributed by atoms with Gasteiger partial charge in [-0.25, -0.2) is 0 Å². The van der Waals surface area contributed by atoms with E-state index in [1.54, 1.807) is 6.20 Å². The van der Waals surface area contributed by atoms with Crippen molar-refractivity contribution >= 4 is 5.78 Å². The molecule has 1 heterocycles. The highest BCUT2D eigenvalue weighted by atomic mass is 16.1. The van der Waals surface area contributed by atoms with Crippen molar-refractivity contribution in [2.24, 2.45) is 0 Å². The van der Waals surface area contributed by atoms with Crippen molar-refractivity contribution in [1.82, 2.24) is 9.78 Å². The molecule has 3 nitrogen and oxygen atoms in total. The van der Waals surface area contributed by atoms with Crippen molar-refractivity contribution in [2.75, 3.05) is 0 Å². The van der Waals surface area contributed by atoms with Gasteiger partial charge in [0.25, 0.3) is 0 Å². The zero-order valence-electron chi connectivity index (χ0n) is 11.9. The molecular formula is C17H20N2O. The number of hydrogen-bond donors (Lipinski definition) is 0. The molecule has 104 valence electrons. The molecule has 1 aromatic carbocycles. The largest absolute Gasteiger partial charge is 0.294 e. The lowest BCUT2D eigenvalue weighted by Crippen LogP contribution is -2.15. The summed E-state index contributed by atoms with van der Waals surface area (Å²) in [6, 6.07) is 8.71. The molecule has 1 aliphatic carbocycles. The molecule has 0 radical (unpaired) electrons. The third-order valence-corrected chi connectivity index (χ3v) is 4.18. The summed E-state index contributed by atoms with van der Waals surface area (Å²) >= 11 is 0. The van der Waals surface area contributed by atoms with E-state index >= 15 is 0 Å². The molecule has 1 unspecified atom stereocenters. The van der Waals surface area contributed by atoms with E-state index in [1.165, 1.54) is 30.4 Å². The van der Waals surface area contributed by atoms with Crippen LogP contribution in [0.15, 0.2) is 36.7 Å². The number of nitrogens with zero attached hydrogens (tertiary/aromatic N) is 2. The van der Waals surface area contributed by atoms with Crippen LogP contribution < -0.4 is 0 Å². The van der Waals surface area contributed by atoms with Crippen LogP contribution in [0.1, 0.15) is 53.6 Å². The summed E-state index contributed by atoms with van der Waals surface area (Å²) in [7, 11) is 0. The lowest BCUT2D eigenvalue weighted by Gasteiger charge is -2.25. The predicted molar refractivity (Wildman–Crippen MR) is 79.0 cm³/mol. The number of carbonyl (C=O) groups is 1. The Labute approximate surface area is 119 Å². The first kappa shape index (κ1) is 13.1. The van der Waals surface area contributed by atoms with Crippen LogP contribution in [0.25, 0.3) is 0 Å².